The van der Waals surface area contributed by atoms with E-state index >= 15 is 0 Å². The molecule has 2 aromatic carbocycles. The highest BCUT2D eigenvalue weighted by molar-refractivity contribution is 6.30. The Morgan fingerprint density at radius 1 is 1.00 bits per heavy atom. The molecule has 122 valence electrons. The van der Waals surface area contributed by atoms with E-state index in [1.165, 1.54) is 5.56 Å². The SMILES string of the molecule is CC(C)N1CCC(OC(c2ccccc2)c2ccc(Cl)cc2)C1. The lowest BCUT2D eigenvalue weighted by atomic mass is 10.0. The summed E-state index contributed by atoms with van der Waals surface area (Å²) in [7, 11) is 0. The zero-order chi connectivity index (χ0) is 16.2. The second kappa shape index (κ2) is 7.48. The molecule has 2 aromatic rings. The normalized spacial score (nSPS) is 20.1. The molecular weight excluding hydrogens is 306 g/mol. The second-order valence-electron chi connectivity index (χ2n) is 6.48. The molecule has 1 heterocycles. The third-order valence-electron chi connectivity index (χ3n) is 4.51. The molecule has 0 aliphatic carbocycles. The van der Waals surface area contributed by atoms with Gasteiger partial charge in [-0.1, -0.05) is 54.1 Å². The van der Waals surface area contributed by atoms with Gasteiger partial charge in [0.05, 0.1) is 6.10 Å². The molecule has 1 aliphatic heterocycles. The summed E-state index contributed by atoms with van der Waals surface area (Å²) in [6, 6.07) is 19.0. The van der Waals surface area contributed by atoms with Crippen LogP contribution in [0, 0.1) is 0 Å². The summed E-state index contributed by atoms with van der Waals surface area (Å²) in [6.45, 7) is 6.62. The lowest BCUT2D eigenvalue weighted by Gasteiger charge is -2.24. The molecule has 3 rings (SSSR count). The first-order valence-corrected chi connectivity index (χ1v) is 8.71. The van der Waals surface area contributed by atoms with Gasteiger partial charge < -0.3 is 4.74 Å². The van der Waals surface area contributed by atoms with E-state index in [1.54, 1.807) is 0 Å². The molecule has 2 unspecified atom stereocenters. The van der Waals surface area contributed by atoms with E-state index in [4.69, 9.17) is 16.3 Å². The fourth-order valence-corrected chi connectivity index (χ4v) is 3.27. The number of likely N-dealkylation sites (tertiary alicyclic amines) is 1. The lowest BCUT2D eigenvalue weighted by Crippen LogP contribution is -2.30. The van der Waals surface area contributed by atoms with E-state index in [-0.39, 0.29) is 12.2 Å². The van der Waals surface area contributed by atoms with Crippen LogP contribution in [0.5, 0.6) is 0 Å². The van der Waals surface area contributed by atoms with Crippen LogP contribution in [0.4, 0.5) is 0 Å². The minimum atomic E-state index is -0.0365. The maximum Gasteiger partial charge on any atom is 0.108 e. The maximum atomic E-state index is 6.52. The standard InChI is InChI=1S/C20H24ClNO/c1-15(2)22-13-12-19(14-22)23-20(16-6-4-3-5-7-16)17-8-10-18(21)11-9-17/h3-11,15,19-20H,12-14H2,1-2H3. The van der Waals surface area contributed by atoms with Crippen molar-refractivity contribution < 1.29 is 4.74 Å². The van der Waals surface area contributed by atoms with Crippen LogP contribution in [0.2, 0.25) is 5.02 Å². The predicted molar refractivity (Wildman–Crippen MR) is 95.9 cm³/mol. The van der Waals surface area contributed by atoms with Gasteiger partial charge in [0, 0.05) is 24.2 Å². The molecule has 1 aliphatic rings. The van der Waals surface area contributed by atoms with Crippen LogP contribution in [0.15, 0.2) is 54.6 Å². The van der Waals surface area contributed by atoms with Crippen molar-refractivity contribution in [3.63, 3.8) is 0 Å². The molecule has 0 aromatic heterocycles. The van der Waals surface area contributed by atoms with Gasteiger partial charge in [-0.05, 0) is 43.5 Å². The summed E-state index contributed by atoms with van der Waals surface area (Å²) in [6.07, 6.45) is 1.33. The van der Waals surface area contributed by atoms with Gasteiger partial charge >= 0.3 is 0 Å². The predicted octanol–water partition coefficient (Wildman–Crippen LogP) is 4.93. The molecule has 0 spiro atoms. The maximum absolute atomic E-state index is 6.52. The van der Waals surface area contributed by atoms with Gasteiger partial charge in [-0.25, -0.2) is 0 Å². The van der Waals surface area contributed by atoms with E-state index < -0.39 is 0 Å². The molecule has 1 fully saturated rings. The van der Waals surface area contributed by atoms with E-state index in [0.717, 1.165) is 30.1 Å². The van der Waals surface area contributed by atoms with Gasteiger partial charge in [0.25, 0.3) is 0 Å². The van der Waals surface area contributed by atoms with E-state index in [0.29, 0.717) is 6.04 Å². The first kappa shape index (κ1) is 16.5. The van der Waals surface area contributed by atoms with Crippen molar-refractivity contribution in [2.24, 2.45) is 0 Å². The van der Waals surface area contributed by atoms with E-state index in [2.05, 4.69) is 55.1 Å². The number of hydrogen-bond acceptors (Lipinski definition) is 2. The van der Waals surface area contributed by atoms with Gasteiger partial charge in [-0.3, -0.25) is 4.90 Å². The smallest absolute Gasteiger partial charge is 0.108 e. The summed E-state index contributed by atoms with van der Waals surface area (Å²) in [5.74, 6) is 0. The monoisotopic (exact) mass is 329 g/mol. The highest BCUT2D eigenvalue weighted by Gasteiger charge is 2.28. The van der Waals surface area contributed by atoms with Crippen LogP contribution in [0.1, 0.15) is 37.5 Å². The number of hydrogen-bond donors (Lipinski definition) is 0. The largest absolute Gasteiger partial charge is 0.364 e. The van der Waals surface area contributed by atoms with Crippen molar-refractivity contribution in [1.29, 1.82) is 0 Å². The number of benzene rings is 2. The molecule has 0 saturated carbocycles. The lowest BCUT2D eigenvalue weighted by molar-refractivity contribution is 0.0126. The molecule has 1 saturated heterocycles. The minimum absolute atomic E-state index is 0.0365. The number of halogens is 1. The summed E-state index contributed by atoms with van der Waals surface area (Å²) in [5, 5.41) is 0.757. The van der Waals surface area contributed by atoms with Gasteiger partial charge in [-0.15, -0.1) is 0 Å². The average molecular weight is 330 g/mol. The number of ether oxygens (including phenoxy) is 1. The topological polar surface area (TPSA) is 12.5 Å². The summed E-state index contributed by atoms with van der Waals surface area (Å²) < 4.78 is 6.52. The van der Waals surface area contributed by atoms with Gasteiger partial charge in [-0.2, -0.15) is 0 Å². The minimum Gasteiger partial charge on any atom is -0.364 e. The number of nitrogens with zero attached hydrogens (tertiary/aromatic N) is 1. The van der Waals surface area contributed by atoms with Crippen molar-refractivity contribution >= 4 is 11.6 Å². The Labute approximate surface area is 144 Å². The molecule has 3 heteroatoms. The zero-order valence-electron chi connectivity index (χ0n) is 13.8. The van der Waals surface area contributed by atoms with Crippen LogP contribution < -0.4 is 0 Å². The van der Waals surface area contributed by atoms with Crippen LogP contribution in [0.3, 0.4) is 0 Å². The van der Waals surface area contributed by atoms with Crippen molar-refractivity contribution in [3.8, 4) is 0 Å². The average Bonchev–Trinajstić information content (AvgIpc) is 3.03. The van der Waals surface area contributed by atoms with Crippen molar-refractivity contribution in [2.75, 3.05) is 13.1 Å². The van der Waals surface area contributed by atoms with E-state index in [9.17, 15) is 0 Å². The third kappa shape index (κ3) is 4.14. The van der Waals surface area contributed by atoms with E-state index in [1.807, 2.05) is 18.2 Å². The molecule has 23 heavy (non-hydrogen) atoms. The molecule has 0 radical (unpaired) electrons. The van der Waals surface area contributed by atoms with Crippen molar-refractivity contribution in [2.45, 2.75) is 38.5 Å². The van der Waals surface area contributed by atoms with Crippen LogP contribution in [0.25, 0.3) is 0 Å². The first-order chi connectivity index (χ1) is 11.1. The fraction of sp³-hybridized carbons (Fsp3) is 0.400. The fourth-order valence-electron chi connectivity index (χ4n) is 3.14. The molecule has 0 N–H and O–H groups in total. The molecule has 0 bridgehead atoms. The summed E-state index contributed by atoms with van der Waals surface area (Å²) >= 11 is 6.04. The van der Waals surface area contributed by atoms with Crippen LogP contribution in [-0.2, 0) is 4.74 Å². The highest BCUT2D eigenvalue weighted by Crippen LogP contribution is 2.30. The molecule has 0 amide bonds. The Kier molecular flexibility index (Phi) is 5.37. The van der Waals surface area contributed by atoms with Crippen LogP contribution in [-0.4, -0.2) is 30.1 Å². The highest BCUT2D eigenvalue weighted by atomic mass is 35.5. The van der Waals surface area contributed by atoms with Crippen LogP contribution >= 0.6 is 11.6 Å². The molecule has 2 atom stereocenters. The van der Waals surface area contributed by atoms with Gasteiger partial charge in [0.1, 0.15) is 6.10 Å². The third-order valence-corrected chi connectivity index (χ3v) is 4.76. The second-order valence-corrected chi connectivity index (χ2v) is 6.91. The quantitative estimate of drug-likeness (QED) is 0.771. The Morgan fingerprint density at radius 2 is 1.65 bits per heavy atom. The first-order valence-electron chi connectivity index (χ1n) is 8.33. The number of rotatable bonds is 5. The Balaban J connectivity index is 1.80. The Hall–Kier alpha value is -1.35. The van der Waals surface area contributed by atoms with Gasteiger partial charge in [0.15, 0.2) is 0 Å². The van der Waals surface area contributed by atoms with Crippen molar-refractivity contribution in [1.82, 2.24) is 4.90 Å². The Bertz CT molecular complexity index is 611. The van der Waals surface area contributed by atoms with Gasteiger partial charge in [0.2, 0.25) is 0 Å². The molecule has 2 nitrogen and oxygen atoms in total. The van der Waals surface area contributed by atoms with Crippen molar-refractivity contribution in [3.05, 3.63) is 70.7 Å². The summed E-state index contributed by atoms with van der Waals surface area (Å²) in [5.41, 5.74) is 2.35. The molecular formula is C20H24ClNO. The summed E-state index contributed by atoms with van der Waals surface area (Å²) in [4.78, 5) is 2.48. The Morgan fingerprint density at radius 3 is 2.26 bits per heavy atom. The zero-order valence-corrected chi connectivity index (χ0v) is 14.5.